The van der Waals surface area contributed by atoms with Gasteiger partial charge in [-0.3, -0.25) is 4.79 Å². The summed E-state index contributed by atoms with van der Waals surface area (Å²) in [5, 5.41) is 7.23. The molecule has 0 bridgehead atoms. The Morgan fingerprint density at radius 2 is 1.77 bits per heavy atom. The van der Waals surface area contributed by atoms with Crippen molar-refractivity contribution in [3.63, 3.8) is 0 Å². The van der Waals surface area contributed by atoms with Gasteiger partial charge in [0.2, 0.25) is 11.9 Å². The molecule has 4 rings (SSSR count). The molecule has 0 saturated carbocycles. The van der Waals surface area contributed by atoms with Crippen molar-refractivity contribution in [1.82, 2.24) is 15.0 Å². The normalized spacial score (nSPS) is 10.8. The number of nitrogens with one attached hydrogen (secondary N) is 3. The fourth-order valence-electron chi connectivity index (χ4n) is 3.26. The van der Waals surface area contributed by atoms with E-state index in [2.05, 4.69) is 25.6 Å². The number of carbonyl (C=O) groups is 1. The first-order chi connectivity index (χ1) is 14.5. The number of rotatable bonds is 6. The molecule has 2 aromatic carbocycles. The molecule has 7 nitrogen and oxygen atoms in total. The number of anilines is 4. The summed E-state index contributed by atoms with van der Waals surface area (Å²) in [4.78, 5) is 26.5. The smallest absolute Gasteiger partial charge is 0.229 e. The lowest BCUT2D eigenvalue weighted by atomic mass is 10.1. The molecule has 0 atom stereocenters. The molecule has 2 heterocycles. The van der Waals surface area contributed by atoms with Gasteiger partial charge in [0.25, 0.3) is 0 Å². The van der Waals surface area contributed by atoms with Crippen LogP contribution in [0.1, 0.15) is 11.3 Å². The zero-order valence-corrected chi connectivity index (χ0v) is 17.2. The molecule has 4 aromatic rings. The minimum atomic E-state index is -0.0573. The molecule has 0 aliphatic rings. The Morgan fingerprint density at radius 1 is 1.03 bits per heavy atom. The number of aryl methyl sites for hydroxylation is 1. The van der Waals surface area contributed by atoms with Crippen molar-refractivity contribution in [3.05, 3.63) is 72.1 Å². The zero-order valence-electron chi connectivity index (χ0n) is 17.2. The third-order valence-corrected chi connectivity index (χ3v) is 4.75. The number of benzene rings is 2. The van der Waals surface area contributed by atoms with Crippen molar-refractivity contribution in [3.8, 4) is 0 Å². The Kier molecular flexibility index (Phi) is 5.34. The highest BCUT2D eigenvalue weighted by Crippen LogP contribution is 2.21. The summed E-state index contributed by atoms with van der Waals surface area (Å²) in [6.45, 7) is 1.94. The predicted molar refractivity (Wildman–Crippen MR) is 121 cm³/mol. The van der Waals surface area contributed by atoms with E-state index in [9.17, 15) is 4.79 Å². The van der Waals surface area contributed by atoms with Gasteiger partial charge in [-0.15, -0.1) is 0 Å². The Labute approximate surface area is 175 Å². The van der Waals surface area contributed by atoms with Gasteiger partial charge < -0.3 is 20.5 Å². The molecule has 0 unspecified atom stereocenters. The molecular weight excluding hydrogens is 376 g/mol. The summed E-state index contributed by atoms with van der Waals surface area (Å²) < 4.78 is 0. The Morgan fingerprint density at radius 3 is 2.53 bits per heavy atom. The number of fused-ring (bicyclic) bond motifs is 1. The maximum atomic E-state index is 12.5. The van der Waals surface area contributed by atoms with E-state index < -0.39 is 0 Å². The number of aromatic amines is 1. The van der Waals surface area contributed by atoms with E-state index >= 15 is 0 Å². The van der Waals surface area contributed by atoms with Gasteiger partial charge in [0, 0.05) is 54.3 Å². The molecule has 0 aliphatic heterocycles. The van der Waals surface area contributed by atoms with E-state index in [0.717, 1.165) is 39.4 Å². The van der Waals surface area contributed by atoms with Crippen LogP contribution in [-0.4, -0.2) is 35.0 Å². The van der Waals surface area contributed by atoms with E-state index in [4.69, 9.17) is 0 Å². The number of aromatic nitrogens is 3. The lowest BCUT2D eigenvalue weighted by molar-refractivity contribution is -0.115. The SMILES string of the molecule is Cc1cc(N(C)C)nc(Nc2ccc(NC(=O)Cc3c[nH]c4ccccc34)cc2)n1. The third kappa shape index (κ3) is 4.41. The van der Waals surface area contributed by atoms with Gasteiger partial charge in [-0.1, -0.05) is 18.2 Å². The van der Waals surface area contributed by atoms with Crippen molar-refractivity contribution in [2.75, 3.05) is 29.6 Å². The molecule has 0 fully saturated rings. The van der Waals surface area contributed by atoms with Crippen molar-refractivity contribution >= 4 is 40.0 Å². The molecule has 152 valence electrons. The first kappa shape index (κ1) is 19.4. The summed E-state index contributed by atoms with van der Waals surface area (Å²) in [6, 6.07) is 17.4. The molecular formula is C23H24N6O. The number of H-pyrrole nitrogens is 1. The number of hydrogen-bond acceptors (Lipinski definition) is 5. The summed E-state index contributed by atoms with van der Waals surface area (Å²) in [5.74, 6) is 1.32. The highest BCUT2D eigenvalue weighted by atomic mass is 16.1. The van der Waals surface area contributed by atoms with Gasteiger partial charge in [0.05, 0.1) is 6.42 Å². The van der Waals surface area contributed by atoms with Crippen molar-refractivity contribution in [1.29, 1.82) is 0 Å². The number of amides is 1. The van der Waals surface area contributed by atoms with Crippen LogP contribution in [0.4, 0.5) is 23.1 Å². The Bertz CT molecular complexity index is 1180. The predicted octanol–water partition coefficient (Wildman–Crippen LogP) is 4.26. The van der Waals surface area contributed by atoms with Crippen LogP contribution in [0.25, 0.3) is 10.9 Å². The van der Waals surface area contributed by atoms with Crippen LogP contribution in [0.2, 0.25) is 0 Å². The number of carbonyl (C=O) groups excluding carboxylic acids is 1. The van der Waals surface area contributed by atoms with Gasteiger partial charge >= 0.3 is 0 Å². The van der Waals surface area contributed by atoms with Crippen LogP contribution in [0.3, 0.4) is 0 Å². The maximum Gasteiger partial charge on any atom is 0.229 e. The standard InChI is InChI=1S/C23H24N6O/c1-15-12-21(29(2)3)28-23(25-15)27-18-10-8-17(9-11-18)26-22(30)13-16-14-24-20-7-5-4-6-19(16)20/h4-12,14,24H,13H2,1-3H3,(H,26,30)(H,25,27,28). The van der Waals surface area contributed by atoms with Gasteiger partial charge in [0.1, 0.15) is 5.82 Å². The van der Waals surface area contributed by atoms with E-state index in [1.165, 1.54) is 0 Å². The lowest BCUT2D eigenvalue weighted by Crippen LogP contribution is -2.14. The van der Waals surface area contributed by atoms with Gasteiger partial charge in [-0.05, 0) is 42.8 Å². The third-order valence-electron chi connectivity index (χ3n) is 4.75. The maximum absolute atomic E-state index is 12.5. The van der Waals surface area contributed by atoms with E-state index in [-0.39, 0.29) is 5.91 Å². The van der Waals surface area contributed by atoms with Crippen LogP contribution in [-0.2, 0) is 11.2 Å². The molecule has 3 N–H and O–H groups in total. The van der Waals surface area contributed by atoms with Gasteiger partial charge in [-0.2, -0.15) is 4.98 Å². The second-order valence-electron chi connectivity index (χ2n) is 7.37. The second kappa shape index (κ2) is 8.24. The highest BCUT2D eigenvalue weighted by Gasteiger charge is 2.09. The lowest BCUT2D eigenvalue weighted by Gasteiger charge is -2.14. The number of nitrogens with zero attached hydrogens (tertiary/aromatic N) is 3. The van der Waals surface area contributed by atoms with Gasteiger partial charge in [0.15, 0.2) is 0 Å². The molecule has 2 aromatic heterocycles. The molecule has 0 saturated heterocycles. The average Bonchev–Trinajstić information content (AvgIpc) is 3.12. The number of hydrogen-bond donors (Lipinski definition) is 3. The largest absolute Gasteiger partial charge is 0.363 e. The monoisotopic (exact) mass is 400 g/mol. The van der Waals surface area contributed by atoms with Crippen LogP contribution in [0.15, 0.2) is 60.8 Å². The topological polar surface area (TPSA) is 85.9 Å². The minimum absolute atomic E-state index is 0.0573. The summed E-state index contributed by atoms with van der Waals surface area (Å²) in [6.07, 6.45) is 2.20. The molecule has 0 aliphatic carbocycles. The molecule has 0 spiro atoms. The fourth-order valence-corrected chi connectivity index (χ4v) is 3.26. The van der Waals surface area contributed by atoms with E-state index in [0.29, 0.717) is 12.4 Å². The molecule has 7 heteroatoms. The van der Waals surface area contributed by atoms with E-state index in [1.807, 2.05) is 86.7 Å². The Balaban J connectivity index is 1.40. The molecule has 0 radical (unpaired) electrons. The number of para-hydroxylation sites is 1. The first-order valence-electron chi connectivity index (χ1n) is 9.73. The minimum Gasteiger partial charge on any atom is -0.363 e. The highest BCUT2D eigenvalue weighted by molar-refractivity contribution is 5.95. The molecule has 30 heavy (non-hydrogen) atoms. The van der Waals surface area contributed by atoms with Crippen LogP contribution >= 0.6 is 0 Å². The summed E-state index contributed by atoms with van der Waals surface area (Å²) in [7, 11) is 3.89. The Hall–Kier alpha value is -3.87. The van der Waals surface area contributed by atoms with E-state index in [1.54, 1.807) is 0 Å². The van der Waals surface area contributed by atoms with Crippen LogP contribution < -0.4 is 15.5 Å². The average molecular weight is 400 g/mol. The van der Waals surface area contributed by atoms with Crippen molar-refractivity contribution in [2.24, 2.45) is 0 Å². The summed E-state index contributed by atoms with van der Waals surface area (Å²) in [5.41, 5.74) is 4.49. The zero-order chi connectivity index (χ0) is 21.1. The fraction of sp³-hybridized carbons (Fsp3) is 0.174. The summed E-state index contributed by atoms with van der Waals surface area (Å²) >= 11 is 0. The van der Waals surface area contributed by atoms with Crippen LogP contribution in [0.5, 0.6) is 0 Å². The van der Waals surface area contributed by atoms with Gasteiger partial charge in [-0.25, -0.2) is 4.98 Å². The quantitative estimate of drug-likeness (QED) is 0.450. The second-order valence-corrected chi connectivity index (χ2v) is 7.37. The van der Waals surface area contributed by atoms with Crippen molar-refractivity contribution in [2.45, 2.75) is 13.3 Å². The van der Waals surface area contributed by atoms with Crippen molar-refractivity contribution < 1.29 is 4.79 Å². The first-order valence-corrected chi connectivity index (χ1v) is 9.73. The van der Waals surface area contributed by atoms with Crippen LogP contribution in [0, 0.1) is 6.92 Å². The molecule has 1 amide bonds.